The second kappa shape index (κ2) is 4.66. The summed E-state index contributed by atoms with van der Waals surface area (Å²) in [4.78, 5) is 20.8. The van der Waals surface area contributed by atoms with Crippen LogP contribution in [0.25, 0.3) is 11.5 Å². The van der Waals surface area contributed by atoms with E-state index >= 15 is 0 Å². The second-order valence-corrected chi connectivity index (χ2v) is 3.46. The summed E-state index contributed by atoms with van der Waals surface area (Å²) >= 11 is 0. The summed E-state index contributed by atoms with van der Waals surface area (Å²) in [7, 11) is 0. The van der Waals surface area contributed by atoms with Gasteiger partial charge >= 0.3 is 5.88 Å². The Balaban J connectivity index is 2.44. The molecule has 0 saturated carbocycles. The molecule has 2 aromatic rings. The second-order valence-electron chi connectivity index (χ2n) is 3.46. The van der Waals surface area contributed by atoms with Gasteiger partial charge in [-0.2, -0.15) is 5.10 Å². The summed E-state index contributed by atoms with van der Waals surface area (Å²) in [6.45, 7) is 3.99. The van der Waals surface area contributed by atoms with Crippen LogP contribution in [0, 0.1) is 10.1 Å². The van der Waals surface area contributed by atoms with Crippen LogP contribution in [0.1, 0.15) is 10.4 Å². The molecule has 0 fully saturated rings. The molecule has 0 aliphatic rings. The summed E-state index contributed by atoms with van der Waals surface area (Å²) < 4.78 is 6.51. The zero-order valence-corrected chi connectivity index (χ0v) is 9.28. The van der Waals surface area contributed by atoms with Crippen LogP contribution in [0.4, 0.5) is 5.88 Å². The number of hydrogen-bond donors (Lipinski definition) is 0. The maximum Gasteiger partial charge on any atom is 0.433 e. The highest BCUT2D eigenvalue weighted by Gasteiger charge is 2.18. The lowest BCUT2D eigenvalue weighted by Gasteiger charge is -1.92. The molecule has 2 heterocycles. The molecule has 92 valence electrons. The molecule has 2 rings (SSSR count). The van der Waals surface area contributed by atoms with E-state index in [1.165, 1.54) is 23.0 Å². The number of aldehydes is 1. The smallest absolute Gasteiger partial charge is 0.399 e. The number of carbonyl (C=O) groups excluding carboxylic acids is 1. The maximum absolute atomic E-state index is 10.9. The average molecular weight is 247 g/mol. The molecule has 0 atom stereocenters. The number of nitro groups is 1. The molecule has 0 aliphatic heterocycles. The number of allylic oxidation sites excluding steroid dienone is 1. The van der Waals surface area contributed by atoms with Gasteiger partial charge in [0, 0.05) is 6.20 Å². The van der Waals surface area contributed by atoms with Crippen LogP contribution in [0.2, 0.25) is 0 Å². The van der Waals surface area contributed by atoms with Gasteiger partial charge in [0.05, 0.1) is 18.2 Å². The van der Waals surface area contributed by atoms with Gasteiger partial charge < -0.3 is 4.42 Å². The van der Waals surface area contributed by atoms with Gasteiger partial charge in [0.25, 0.3) is 0 Å². The highest BCUT2D eigenvalue weighted by Crippen LogP contribution is 2.26. The molecular formula is C11H9N3O4. The molecule has 0 aliphatic carbocycles. The normalized spacial score (nSPS) is 10.2. The van der Waals surface area contributed by atoms with Gasteiger partial charge in [0.15, 0.2) is 12.0 Å². The zero-order chi connectivity index (χ0) is 13.1. The van der Waals surface area contributed by atoms with Crippen molar-refractivity contribution in [1.29, 1.82) is 0 Å². The van der Waals surface area contributed by atoms with Crippen molar-refractivity contribution in [2.75, 3.05) is 0 Å². The monoisotopic (exact) mass is 247 g/mol. The molecule has 0 aromatic carbocycles. The molecule has 7 nitrogen and oxygen atoms in total. The summed E-state index contributed by atoms with van der Waals surface area (Å²) in [5, 5.41) is 14.6. The van der Waals surface area contributed by atoms with E-state index < -0.39 is 4.92 Å². The third-order valence-corrected chi connectivity index (χ3v) is 2.24. The third-order valence-electron chi connectivity index (χ3n) is 2.24. The van der Waals surface area contributed by atoms with Crippen molar-refractivity contribution in [2.24, 2.45) is 0 Å². The summed E-state index contributed by atoms with van der Waals surface area (Å²) in [6, 6.07) is 2.63. The van der Waals surface area contributed by atoms with E-state index in [4.69, 9.17) is 4.42 Å². The molecule has 0 amide bonds. The lowest BCUT2D eigenvalue weighted by atomic mass is 10.2. The number of aromatic nitrogens is 2. The third kappa shape index (κ3) is 2.05. The van der Waals surface area contributed by atoms with Crippen LogP contribution >= 0.6 is 0 Å². The number of hydrogen-bond acceptors (Lipinski definition) is 5. The van der Waals surface area contributed by atoms with Crippen molar-refractivity contribution in [1.82, 2.24) is 9.78 Å². The molecule has 0 radical (unpaired) electrons. The summed E-state index contributed by atoms with van der Waals surface area (Å²) in [5.41, 5.74) is 0.584. The first kappa shape index (κ1) is 11.8. The predicted octanol–water partition coefficient (Wildman–Crippen LogP) is 2.05. The Morgan fingerprint density at radius 2 is 2.33 bits per heavy atom. The number of carbonyl (C=O) groups is 1. The van der Waals surface area contributed by atoms with E-state index in [0.29, 0.717) is 18.4 Å². The van der Waals surface area contributed by atoms with E-state index in [2.05, 4.69) is 11.7 Å². The number of nitrogens with zero attached hydrogens (tertiary/aromatic N) is 3. The molecule has 0 bridgehead atoms. The minimum absolute atomic E-state index is 0.187. The first-order valence-corrected chi connectivity index (χ1v) is 5.04. The minimum atomic E-state index is -0.648. The fourth-order valence-electron chi connectivity index (χ4n) is 1.49. The van der Waals surface area contributed by atoms with E-state index in [1.807, 2.05) is 0 Å². The first-order valence-electron chi connectivity index (χ1n) is 5.04. The molecule has 0 N–H and O–H groups in total. The Morgan fingerprint density at radius 1 is 1.56 bits per heavy atom. The number of furan rings is 1. The van der Waals surface area contributed by atoms with E-state index in [1.54, 1.807) is 6.08 Å². The number of rotatable bonds is 5. The molecule has 0 saturated heterocycles. The van der Waals surface area contributed by atoms with Gasteiger partial charge in [-0.3, -0.25) is 19.6 Å². The van der Waals surface area contributed by atoms with Gasteiger partial charge in [-0.05, 0) is 6.07 Å². The van der Waals surface area contributed by atoms with Crippen molar-refractivity contribution in [3.8, 4) is 11.5 Å². The highest BCUT2D eigenvalue weighted by atomic mass is 16.6. The van der Waals surface area contributed by atoms with Crippen LogP contribution in [-0.4, -0.2) is 21.0 Å². The van der Waals surface area contributed by atoms with Gasteiger partial charge in [0.2, 0.25) is 0 Å². The predicted molar refractivity (Wildman–Crippen MR) is 62.2 cm³/mol. The topological polar surface area (TPSA) is 91.2 Å². The molecule has 0 unspecified atom stereocenters. The average Bonchev–Trinajstić information content (AvgIpc) is 2.94. The van der Waals surface area contributed by atoms with Crippen molar-refractivity contribution >= 4 is 12.2 Å². The molecule has 2 aromatic heterocycles. The molecule has 7 heteroatoms. The lowest BCUT2D eigenvalue weighted by molar-refractivity contribution is -0.401. The van der Waals surface area contributed by atoms with Crippen LogP contribution in [0.5, 0.6) is 0 Å². The Labute approximate surface area is 101 Å². The molecule has 0 spiro atoms. The Morgan fingerprint density at radius 3 is 2.89 bits per heavy atom. The van der Waals surface area contributed by atoms with E-state index in [-0.39, 0.29) is 17.3 Å². The quantitative estimate of drug-likeness (QED) is 0.349. The van der Waals surface area contributed by atoms with Crippen molar-refractivity contribution in [2.45, 2.75) is 6.54 Å². The van der Waals surface area contributed by atoms with Crippen LogP contribution in [0.3, 0.4) is 0 Å². The molecular weight excluding hydrogens is 238 g/mol. The minimum Gasteiger partial charge on any atom is -0.399 e. The molecule has 18 heavy (non-hydrogen) atoms. The van der Waals surface area contributed by atoms with E-state index in [9.17, 15) is 14.9 Å². The summed E-state index contributed by atoms with van der Waals surface area (Å²) in [5.74, 6) is -0.202. The highest BCUT2D eigenvalue weighted by molar-refractivity contribution is 5.84. The Kier molecular flexibility index (Phi) is 3.05. The lowest BCUT2D eigenvalue weighted by Crippen LogP contribution is -1.94. The van der Waals surface area contributed by atoms with Gasteiger partial charge in [0.1, 0.15) is 10.6 Å². The fraction of sp³-hybridized carbons (Fsp3) is 0.0909. The Bertz CT molecular complexity index is 612. The fourth-order valence-corrected chi connectivity index (χ4v) is 1.49. The summed E-state index contributed by atoms with van der Waals surface area (Å²) in [6.07, 6.45) is 3.77. The maximum atomic E-state index is 10.9. The Hall–Kier alpha value is -2.70. The van der Waals surface area contributed by atoms with Gasteiger partial charge in [-0.15, -0.1) is 6.58 Å². The van der Waals surface area contributed by atoms with Crippen molar-refractivity contribution in [3.63, 3.8) is 0 Å². The van der Waals surface area contributed by atoms with Crippen LogP contribution in [0.15, 0.2) is 35.4 Å². The standard InChI is InChI=1S/C11H9N3O4/c1-2-5-13-6-8(7-15)11(12-13)9-3-4-10(18-9)14(16)17/h2-4,6-7H,1,5H2. The van der Waals surface area contributed by atoms with Crippen LogP contribution in [-0.2, 0) is 6.54 Å². The first-order chi connectivity index (χ1) is 8.65. The van der Waals surface area contributed by atoms with Crippen molar-refractivity contribution in [3.05, 3.63) is 46.7 Å². The van der Waals surface area contributed by atoms with Crippen LogP contribution < -0.4 is 0 Å². The SMILES string of the molecule is C=CCn1cc(C=O)c(-c2ccc([N+](=O)[O-])o2)n1. The largest absolute Gasteiger partial charge is 0.433 e. The zero-order valence-electron chi connectivity index (χ0n) is 9.28. The van der Waals surface area contributed by atoms with E-state index in [0.717, 1.165) is 0 Å². The van der Waals surface area contributed by atoms with Gasteiger partial charge in [-0.25, -0.2) is 0 Å². The van der Waals surface area contributed by atoms with Gasteiger partial charge in [-0.1, -0.05) is 6.08 Å². The van der Waals surface area contributed by atoms with Crippen molar-refractivity contribution < 1.29 is 14.1 Å².